The van der Waals surface area contributed by atoms with Crippen molar-refractivity contribution in [2.24, 2.45) is 0 Å². The third-order valence-corrected chi connectivity index (χ3v) is 2.19. The summed E-state index contributed by atoms with van der Waals surface area (Å²) in [6.45, 7) is 1.16. The molecule has 0 aliphatic carbocycles. The Morgan fingerprint density at radius 1 is 1.65 bits per heavy atom. The molecule has 0 saturated heterocycles. The topological polar surface area (TPSA) is 88.8 Å². The maximum Gasteiger partial charge on any atom is 0.356 e. The summed E-state index contributed by atoms with van der Waals surface area (Å²) in [4.78, 5) is 14.8. The zero-order valence-electron chi connectivity index (χ0n) is 9.25. The predicted molar refractivity (Wildman–Crippen MR) is 60.3 cm³/mol. The van der Waals surface area contributed by atoms with Gasteiger partial charge in [0.25, 0.3) is 0 Å². The fourth-order valence-electron chi connectivity index (χ4n) is 1.41. The molecule has 2 heterocycles. The molecule has 0 radical (unpaired) electrons. The molecule has 2 aromatic rings. The van der Waals surface area contributed by atoms with Crippen LogP contribution in [0.15, 0.2) is 18.3 Å². The van der Waals surface area contributed by atoms with Crippen molar-refractivity contribution in [3.05, 3.63) is 24.0 Å². The lowest BCUT2D eigenvalue weighted by molar-refractivity contribution is 0.0690. The number of hydrogen-bond acceptors (Lipinski definition) is 5. The van der Waals surface area contributed by atoms with Crippen molar-refractivity contribution in [3.8, 4) is 0 Å². The van der Waals surface area contributed by atoms with Crippen molar-refractivity contribution >= 4 is 17.4 Å². The van der Waals surface area contributed by atoms with E-state index in [9.17, 15) is 4.79 Å². The van der Waals surface area contributed by atoms with E-state index < -0.39 is 5.97 Å². The smallest absolute Gasteiger partial charge is 0.356 e. The van der Waals surface area contributed by atoms with Gasteiger partial charge in [0.2, 0.25) is 0 Å². The Morgan fingerprint density at radius 3 is 3.18 bits per heavy atom. The molecule has 2 N–H and O–H groups in total. The third-order valence-electron chi connectivity index (χ3n) is 2.19. The number of hydrogen-bond donors (Lipinski definition) is 2. The van der Waals surface area contributed by atoms with Gasteiger partial charge in [0.1, 0.15) is 5.82 Å². The van der Waals surface area contributed by atoms with Crippen molar-refractivity contribution in [1.82, 2.24) is 14.6 Å². The summed E-state index contributed by atoms with van der Waals surface area (Å²) in [7, 11) is 1.61. The molecule has 17 heavy (non-hydrogen) atoms. The maximum atomic E-state index is 10.8. The lowest BCUT2D eigenvalue weighted by atomic mass is 10.4. The van der Waals surface area contributed by atoms with Crippen LogP contribution in [0.25, 0.3) is 5.65 Å². The van der Waals surface area contributed by atoms with Crippen molar-refractivity contribution in [2.75, 3.05) is 25.6 Å². The second-order valence-corrected chi connectivity index (χ2v) is 3.35. The van der Waals surface area contributed by atoms with E-state index in [4.69, 9.17) is 9.84 Å². The first-order valence-corrected chi connectivity index (χ1v) is 5.03. The van der Waals surface area contributed by atoms with Crippen LogP contribution in [-0.2, 0) is 4.74 Å². The van der Waals surface area contributed by atoms with E-state index in [0.29, 0.717) is 24.6 Å². The van der Waals surface area contributed by atoms with E-state index in [0.717, 1.165) is 0 Å². The first kappa shape index (κ1) is 11.3. The van der Waals surface area contributed by atoms with Crippen molar-refractivity contribution < 1.29 is 14.6 Å². The van der Waals surface area contributed by atoms with E-state index >= 15 is 0 Å². The molecule has 0 atom stereocenters. The second kappa shape index (κ2) is 4.79. The number of anilines is 1. The zero-order chi connectivity index (χ0) is 12.3. The number of aromatic carboxylic acids is 1. The Balaban J connectivity index is 2.32. The Labute approximate surface area is 97.0 Å². The van der Waals surface area contributed by atoms with Crippen molar-refractivity contribution in [1.29, 1.82) is 0 Å². The minimum absolute atomic E-state index is 0.0292. The summed E-state index contributed by atoms with van der Waals surface area (Å²) in [6, 6.07) is 3.14. The van der Waals surface area contributed by atoms with Crippen molar-refractivity contribution in [3.63, 3.8) is 0 Å². The summed E-state index contributed by atoms with van der Waals surface area (Å²) in [5.41, 5.74) is 0.461. The Hall–Kier alpha value is -2.15. The van der Waals surface area contributed by atoms with Gasteiger partial charge in [-0.05, 0) is 6.07 Å². The predicted octanol–water partition coefficient (Wildman–Crippen LogP) is 0.486. The highest BCUT2D eigenvalue weighted by atomic mass is 16.5. The number of carboxylic acids is 1. The third kappa shape index (κ3) is 2.34. The van der Waals surface area contributed by atoms with Gasteiger partial charge in [-0.15, -0.1) is 0 Å². The molecule has 0 aromatic carbocycles. The number of carboxylic acid groups (broad SMARTS) is 1. The number of nitrogens with one attached hydrogen (secondary N) is 1. The quantitative estimate of drug-likeness (QED) is 0.734. The first-order chi connectivity index (χ1) is 8.22. The fraction of sp³-hybridized carbons (Fsp3) is 0.300. The van der Waals surface area contributed by atoms with Gasteiger partial charge in [-0.2, -0.15) is 9.61 Å². The summed E-state index contributed by atoms with van der Waals surface area (Å²) < 4.78 is 6.37. The zero-order valence-corrected chi connectivity index (χ0v) is 9.25. The van der Waals surface area contributed by atoms with Gasteiger partial charge in [-0.3, -0.25) is 0 Å². The molecule has 2 rings (SSSR count). The molecule has 0 unspecified atom stereocenters. The SMILES string of the molecule is COCCNc1ccnc2cc(C(=O)O)nn12. The molecule has 7 nitrogen and oxygen atoms in total. The largest absolute Gasteiger partial charge is 0.476 e. The fourth-order valence-corrected chi connectivity index (χ4v) is 1.41. The van der Waals surface area contributed by atoms with Crippen LogP contribution in [0.5, 0.6) is 0 Å². The van der Waals surface area contributed by atoms with E-state index in [1.54, 1.807) is 19.4 Å². The lowest BCUT2D eigenvalue weighted by Gasteiger charge is -2.06. The van der Waals surface area contributed by atoms with Gasteiger partial charge in [-0.1, -0.05) is 0 Å². The molecule has 0 bridgehead atoms. The molecule has 0 aliphatic rings. The molecular weight excluding hydrogens is 224 g/mol. The number of carbonyl (C=O) groups is 1. The summed E-state index contributed by atoms with van der Waals surface area (Å²) in [6.07, 6.45) is 1.60. The molecule has 2 aromatic heterocycles. The van der Waals surface area contributed by atoms with Gasteiger partial charge < -0.3 is 15.2 Å². The number of ether oxygens (including phenoxy) is 1. The molecule has 0 fully saturated rings. The van der Waals surface area contributed by atoms with Gasteiger partial charge in [0, 0.05) is 25.9 Å². The molecule has 0 amide bonds. The van der Waals surface area contributed by atoms with Crippen LogP contribution < -0.4 is 5.32 Å². The Morgan fingerprint density at radius 2 is 2.47 bits per heavy atom. The maximum absolute atomic E-state index is 10.8. The highest BCUT2D eigenvalue weighted by molar-refractivity contribution is 5.86. The minimum Gasteiger partial charge on any atom is -0.476 e. The minimum atomic E-state index is -1.07. The number of methoxy groups -OCH3 is 1. The number of nitrogens with zero attached hydrogens (tertiary/aromatic N) is 3. The summed E-state index contributed by atoms with van der Waals surface area (Å²) in [5.74, 6) is -0.391. The van der Waals surface area contributed by atoms with Crippen molar-refractivity contribution in [2.45, 2.75) is 0 Å². The van der Waals surface area contributed by atoms with E-state index in [1.165, 1.54) is 10.6 Å². The van der Waals surface area contributed by atoms with E-state index in [2.05, 4.69) is 15.4 Å². The number of fused-ring (bicyclic) bond motifs is 1. The van der Waals surface area contributed by atoms with Gasteiger partial charge in [0.05, 0.1) is 6.61 Å². The second-order valence-electron chi connectivity index (χ2n) is 3.35. The molecule has 0 saturated carbocycles. The number of aromatic nitrogens is 3. The van der Waals surface area contributed by atoms with Crippen LogP contribution in [0.1, 0.15) is 10.5 Å². The van der Waals surface area contributed by atoms with Crippen LogP contribution in [0.2, 0.25) is 0 Å². The Kier molecular flexibility index (Phi) is 3.20. The average molecular weight is 236 g/mol. The summed E-state index contributed by atoms with van der Waals surface area (Å²) >= 11 is 0. The molecular formula is C10H12N4O3. The highest BCUT2D eigenvalue weighted by Crippen LogP contribution is 2.10. The molecule has 0 spiro atoms. The lowest BCUT2D eigenvalue weighted by Crippen LogP contribution is -2.11. The normalized spacial score (nSPS) is 10.6. The van der Waals surface area contributed by atoms with Crippen LogP contribution >= 0.6 is 0 Å². The molecule has 0 aliphatic heterocycles. The average Bonchev–Trinajstić information content (AvgIpc) is 2.74. The van der Waals surface area contributed by atoms with E-state index in [1.807, 2.05) is 0 Å². The monoisotopic (exact) mass is 236 g/mol. The van der Waals surface area contributed by atoms with Crippen LogP contribution in [0, 0.1) is 0 Å². The van der Waals surface area contributed by atoms with E-state index in [-0.39, 0.29) is 5.69 Å². The van der Waals surface area contributed by atoms with Crippen LogP contribution in [0.4, 0.5) is 5.82 Å². The van der Waals surface area contributed by atoms with Crippen LogP contribution in [-0.4, -0.2) is 45.9 Å². The standard InChI is InChI=1S/C10H12N4O3/c1-17-5-4-12-8-2-3-11-9-6-7(10(15)16)13-14(8)9/h2-3,6,12H,4-5H2,1H3,(H,15,16). The summed E-state index contributed by atoms with van der Waals surface area (Å²) in [5, 5.41) is 15.9. The molecule has 90 valence electrons. The Bertz CT molecular complexity index is 537. The van der Waals surface area contributed by atoms with Crippen LogP contribution in [0.3, 0.4) is 0 Å². The highest BCUT2D eigenvalue weighted by Gasteiger charge is 2.11. The van der Waals surface area contributed by atoms with Gasteiger partial charge in [0.15, 0.2) is 11.3 Å². The number of rotatable bonds is 5. The molecule has 7 heteroatoms. The first-order valence-electron chi connectivity index (χ1n) is 5.03. The van der Waals surface area contributed by atoms with Gasteiger partial charge >= 0.3 is 5.97 Å². The van der Waals surface area contributed by atoms with Gasteiger partial charge in [-0.25, -0.2) is 9.78 Å².